The Morgan fingerprint density at radius 1 is 1.02 bits per heavy atom. The number of rotatable bonds is 2. The molecule has 0 radical (unpaired) electrons. The Balaban J connectivity index is 1.18. The second kappa shape index (κ2) is 9.14. The van der Waals surface area contributed by atoms with Crippen LogP contribution in [0, 0.1) is 40.9 Å². The average molecular weight is 606 g/mol. The van der Waals surface area contributed by atoms with Gasteiger partial charge in [-0.15, -0.1) is 0 Å². The number of allylic oxidation sites excluding steroid dienone is 1. The van der Waals surface area contributed by atoms with Crippen LogP contribution in [0.4, 0.5) is 0 Å². The molecule has 4 aliphatic carbocycles. The van der Waals surface area contributed by atoms with Crippen LogP contribution in [0.3, 0.4) is 0 Å². The van der Waals surface area contributed by atoms with Gasteiger partial charge in [0.05, 0.1) is 36.0 Å². The number of ether oxygens (including phenoxy) is 1. The Hall–Kier alpha value is -1.23. The predicted octanol–water partition coefficient (Wildman–Crippen LogP) is 4.40. The Labute approximate surface area is 246 Å². The second-order valence-corrected chi connectivity index (χ2v) is 18.9. The molecule has 0 amide bonds. The molecule has 6 aliphatic rings. The minimum absolute atomic E-state index is 0.0226. The van der Waals surface area contributed by atoms with E-state index >= 15 is 0 Å². The highest BCUT2D eigenvalue weighted by atomic mass is 32.2. The summed E-state index contributed by atoms with van der Waals surface area (Å²) in [4.78, 5) is 0. The number of nitrogens with zero attached hydrogens (tertiary/aromatic N) is 3. The van der Waals surface area contributed by atoms with Gasteiger partial charge in [-0.25, -0.2) is 16.8 Å². The normalized spacial score (nSPS) is 44.6. The van der Waals surface area contributed by atoms with Crippen LogP contribution in [0.1, 0.15) is 83.9 Å². The van der Waals surface area contributed by atoms with E-state index in [-0.39, 0.29) is 29.1 Å². The number of aromatic nitrogens is 2. The minimum Gasteiger partial charge on any atom is -0.369 e. The summed E-state index contributed by atoms with van der Waals surface area (Å²) in [6, 6.07) is -0.0664. The molecule has 1 spiro atoms. The van der Waals surface area contributed by atoms with Crippen molar-refractivity contribution in [3.05, 3.63) is 28.6 Å². The molecule has 228 valence electrons. The third kappa shape index (κ3) is 4.27. The zero-order chi connectivity index (χ0) is 29.3. The maximum Gasteiger partial charge on any atom is 0.250 e. The molecule has 0 unspecified atom stereocenters. The number of fused-ring (bicyclic) bond motifs is 7. The van der Waals surface area contributed by atoms with Gasteiger partial charge in [0.25, 0.3) is 10.0 Å². The quantitative estimate of drug-likeness (QED) is 0.464. The van der Waals surface area contributed by atoms with E-state index in [4.69, 9.17) is 4.74 Å². The van der Waals surface area contributed by atoms with Gasteiger partial charge in [0.15, 0.2) is 0 Å². The van der Waals surface area contributed by atoms with E-state index < -0.39 is 20.0 Å². The van der Waals surface area contributed by atoms with Gasteiger partial charge >= 0.3 is 0 Å². The van der Waals surface area contributed by atoms with Gasteiger partial charge in [-0.3, -0.25) is 0 Å². The standard InChI is InChI=1S/C31H47N3O5S2/c1-18-11-28-29(33(16-18)40(5,35)36)20(3)31(39-28)10-9-23-24-8-7-22-12-27-21(17-34(32-27)41(6,37)38)15-30(22,4)26(24)13-25(23)19(2)14-31/h17-18,20,22-24,26,28-29H,7-16H2,1-6H3/t18-,20+,22+,23-,24-,26-,28+,29-,30-,31-/m0/s1. The molecule has 2 saturated carbocycles. The fourth-order valence-electron chi connectivity index (χ4n) is 10.8. The van der Waals surface area contributed by atoms with E-state index in [9.17, 15) is 16.8 Å². The van der Waals surface area contributed by atoms with E-state index in [2.05, 4.69) is 32.8 Å². The lowest BCUT2D eigenvalue weighted by Crippen LogP contribution is -2.53. The largest absolute Gasteiger partial charge is 0.369 e. The van der Waals surface area contributed by atoms with Gasteiger partial charge < -0.3 is 4.74 Å². The first-order valence-electron chi connectivity index (χ1n) is 15.7. The number of hydrogen-bond donors (Lipinski definition) is 0. The third-order valence-corrected chi connectivity index (χ3v) is 14.9. The van der Waals surface area contributed by atoms with Crippen molar-refractivity contribution in [1.82, 2.24) is 13.5 Å². The highest BCUT2D eigenvalue weighted by Crippen LogP contribution is 2.64. The summed E-state index contributed by atoms with van der Waals surface area (Å²) >= 11 is 0. The van der Waals surface area contributed by atoms with Gasteiger partial charge in [-0.2, -0.15) is 13.5 Å². The molecule has 0 aromatic carbocycles. The van der Waals surface area contributed by atoms with Crippen LogP contribution in [0.25, 0.3) is 0 Å². The van der Waals surface area contributed by atoms with Gasteiger partial charge in [0, 0.05) is 18.7 Å². The topological polar surface area (TPSA) is 98.6 Å². The van der Waals surface area contributed by atoms with Crippen molar-refractivity contribution in [1.29, 1.82) is 0 Å². The van der Waals surface area contributed by atoms with E-state index in [1.165, 1.54) is 35.0 Å². The molecule has 41 heavy (non-hydrogen) atoms. The van der Waals surface area contributed by atoms with E-state index in [0.29, 0.717) is 36.1 Å². The molecule has 4 fully saturated rings. The Morgan fingerprint density at radius 2 is 1.78 bits per heavy atom. The molecular weight excluding hydrogens is 558 g/mol. The van der Waals surface area contributed by atoms with E-state index in [1.54, 1.807) is 16.1 Å². The van der Waals surface area contributed by atoms with Crippen molar-refractivity contribution in [3.63, 3.8) is 0 Å². The summed E-state index contributed by atoms with van der Waals surface area (Å²) in [5.74, 6) is 2.83. The van der Waals surface area contributed by atoms with Gasteiger partial charge in [0.2, 0.25) is 10.0 Å². The maximum absolute atomic E-state index is 12.8. The van der Waals surface area contributed by atoms with E-state index in [0.717, 1.165) is 56.2 Å². The SMILES string of the molecule is CC1=C2C[C@H]3[C@@H](CC[C@@H]4Cc5nn(S(C)(=O)=O)cc5C[C@@]43C)[C@@H]2CC[C@@]2(C1)O[C@@H]1C[C@H](C)CN(S(C)(=O)=O)[C@H]1[C@H]2C. The molecular formula is C31H47N3O5S2. The van der Waals surface area contributed by atoms with Gasteiger partial charge in [-0.1, -0.05) is 31.9 Å². The van der Waals surface area contributed by atoms with E-state index in [1.807, 2.05) is 0 Å². The van der Waals surface area contributed by atoms with Crippen LogP contribution >= 0.6 is 0 Å². The average Bonchev–Trinajstić information content (AvgIpc) is 3.50. The number of piperidine rings is 1. The zero-order valence-electron chi connectivity index (χ0n) is 25.5. The predicted molar refractivity (Wildman–Crippen MR) is 158 cm³/mol. The first-order chi connectivity index (χ1) is 19.1. The third-order valence-electron chi connectivity index (χ3n) is 12.7. The van der Waals surface area contributed by atoms with Crippen molar-refractivity contribution in [2.75, 3.05) is 19.1 Å². The molecule has 2 saturated heterocycles. The molecule has 7 rings (SSSR count). The summed E-state index contributed by atoms with van der Waals surface area (Å²) in [6.45, 7) is 9.81. The van der Waals surface area contributed by atoms with Crippen LogP contribution in [-0.4, -0.2) is 67.1 Å². The zero-order valence-corrected chi connectivity index (χ0v) is 27.1. The first-order valence-corrected chi connectivity index (χ1v) is 19.4. The highest BCUT2D eigenvalue weighted by molar-refractivity contribution is 7.89. The Kier molecular flexibility index (Phi) is 6.36. The summed E-state index contributed by atoms with van der Waals surface area (Å²) < 4.78 is 60.1. The van der Waals surface area contributed by atoms with Crippen molar-refractivity contribution in [3.8, 4) is 0 Å². The van der Waals surface area contributed by atoms with Crippen LogP contribution < -0.4 is 0 Å². The first kappa shape index (κ1) is 28.5. The summed E-state index contributed by atoms with van der Waals surface area (Å²) in [6.07, 6.45) is 13.6. The van der Waals surface area contributed by atoms with Crippen molar-refractivity contribution in [2.45, 2.75) is 103 Å². The van der Waals surface area contributed by atoms with Crippen molar-refractivity contribution < 1.29 is 21.6 Å². The lowest BCUT2D eigenvalue weighted by molar-refractivity contribution is -0.0763. The van der Waals surface area contributed by atoms with Crippen LogP contribution in [-0.2, 0) is 37.6 Å². The molecule has 2 aliphatic heterocycles. The number of hydrogen-bond acceptors (Lipinski definition) is 6. The summed E-state index contributed by atoms with van der Waals surface area (Å²) in [7, 11) is -6.68. The fourth-order valence-corrected chi connectivity index (χ4v) is 12.7. The van der Waals surface area contributed by atoms with Gasteiger partial charge in [0.1, 0.15) is 0 Å². The second-order valence-electron chi connectivity index (χ2n) is 15.2. The van der Waals surface area contributed by atoms with Crippen LogP contribution in [0.5, 0.6) is 0 Å². The molecule has 0 bridgehead atoms. The molecule has 0 N–H and O–H groups in total. The Bertz CT molecular complexity index is 1520. The Morgan fingerprint density at radius 3 is 2.49 bits per heavy atom. The monoisotopic (exact) mass is 605 g/mol. The smallest absolute Gasteiger partial charge is 0.250 e. The molecule has 1 aromatic heterocycles. The molecule has 3 heterocycles. The molecule has 1 aromatic rings. The molecule has 8 nitrogen and oxygen atoms in total. The minimum atomic E-state index is -3.38. The fraction of sp³-hybridized carbons (Fsp3) is 0.839. The summed E-state index contributed by atoms with van der Waals surface area (Å²) in [5, 5.41) is 4.49. The lowest BCUT2D eigenvalue weighted by atomic mass is 9.52. The van der Waals surface area contributed by atoms with Crippen molar-refractivity contribution in [2.24, 2.45) is 40.9 Å². The van der Waals surface area contributed by atoms with Crippen LogP contribution in [0.2, 0.25) is 0 Å². The highest BCUT2D eigenvalue weighted by Gasteiger charge is 2.61. The maximum atomic E-state index is 12.8. The lowest BCUT2D eigenvalue weighted by Gasteiger charge is -2.52. The van der Waals surface area contributed by atoms with Gasteiger partial charge in [-0.05, 0) is 105 Å². The molecule has 10 atom stereocenters. The molecule has 10 heteroatoms. The van der Waals surface area contributed by atoms with Crippen LogP contribution in [0.15, 0.2) is 17.3 Å². The van der Waals surface area contributed by atoms with Crippen molar-refractivity contribution >= 4 is 20.0 Å². The number of sulfonamides is 1. The summed E-state index contributed by atoms with van der Waals surface area (Å²) in [5.41, 5.74) is 5.08.